The van der Waals surface area contributed by atoms with Crippen molar-refractivity contribution in [2.45, 2.75) is 31.3 Å². The van der Waals surface area contributed by atoms with Crippen LogP contribution in [0.2, 0.25) is 0 Å². The van der Waals surface area contributed by atoms with E-state index in [2.05, 4.69) is 20.7 Å². The summed E-state index contributed by atoms with van der Waals surface area (Å²) in [6.07, 6.45) is 0.217. The molecule has 0 aromatic rings. The number of thioether (sulfide) groups is 1. The zero-order valence-corrected chi connectivity index (χ0v) is 13.0. The summed E-state index contributed by atoms with van der Waals surface area (Å²) in [6.45, 7) is 1.74. The zero-order valence-electron chi connectivity index (χ0n) is 12.2. The molecule has 1 saturated heterocycles. The van der Waals surface area contributed by atoms with Gasteiger partial charge in [0, 0.05) is 18.9 Å². The Labute approximate surface area is 132 Å². The maximum atomic E-state index is 11.6. The molecule has 22 heavy (non-hydrogen) atoms. The summed E-state index contributed by atoms with van der Waals surface area (Å²) in [5, 5.41) is 8.08. The smallest absolute Gasteiger partial charge is 0.325 e. The minimum absolute atomic E-state index is 0.0423. The second kappa shape index (κ2) is 9.26. The monoisotopic (exact) mass is 332 g/mol. The molecule has 0 aliphatic carbocycles. The number of primary amides is 1. The molecule has 0 aromatic heterocycles. The summed E-state index contributed by atoms with van der Waals surface area (Å²) in [6, 6.07) is -0.341. The molecule has 0 radical (unpaired) electrons. The van der Waals surface area contributed by atoms with E-state index in [1.807, 2.05) is 0 Å². The van der Waals surface area contributed by atoms with Crippen LogP contribution in [0.15, 0.2) is 0 Å². The fourth-order valence-electron chi connectivity index (χ4n) is 1.80. The van der Waals surface area contributed by atoms with E-state index in [1.54, 1.807) is 6.92 Å². The average Bonchev–Trinajstić information content (AvgIpc) is 2.42. The molecule has 5 N–H and O–H groups in total. The van der Waals surface area contributed by atoms with Gasteiger partial charge in [0.15, 0.2) is 0 Å². The van der Waals surface area contributed by atoms with Gasteiger partial charge in [-0.1, -0.05) is 0 Å². The molecular formula is C12H20N4O5S. The first-order valence-corrected chi connectivity index (χ1v) is 7.83. The van der Waals surface area contributed by atoms with Crippen LogP contribution in [-0.4, -0.2) is 54.1 Å². The first-order chi connectivity index (χ1) is 10.4. The van der Waals surface area contributed by atoms with Crippen molar-refractivity contribution in [2.75, 3.05) is 18.9 Å². The molecular weight excluding hydrogens is 312 g/mol. The van der Waals surface area contributed by atoms with E-state index in [4.69, 9.17) is 5.73 Å². The van der Waals surface area contributed by atoms with Crippen LogP contribution in [0.3, 0.4) is 0 Å². The van der Waals surface area contributed by atoms with Crippen LogP contribution in [0.1, 0.15) is 19.8 Å². The van der Waals surface area contributed by atoms with Gasteiger partial charge in [-0.05, 0) is 6.92 Å². The Kier molecular flexibility index (Phi) is 7.67. The summed E-state index contributed by atoms with van der Waals surface area (Å²) in [5.74, 6) is -1.53. The lowest BCUT2D eigenvalue weighted by Crippen LogP contribution is -2.55. The fourth-order valence-corrected chi connectivity index (χ4v) is 2.72. The van der Waals surface area contributed by atoms with E-state index in [0.717, 1.165) is 11.8 Å². The number of amides is 3. The van der Waals surface area contributed by atoms with Crippen molar-refractivity contribution in [3.63, 3.8) is 0 Å². The van der Waals surface area contributed by atoms with Crippen molar-refractivity contribution >= 4 is 35.5 Å². The van der Waals surface area contributed by atoms with Gasteiger partial charge in [0.2, 0.25) is 17.7 Å². The van der Waals surface area contributed by atoms with Crippen LogP contribution in [0, 0.1) is 0 Å². The van der Waals surface area contributed by atoms with Crippen LogP contribution < -0.4 is 21.7 Å². The molecule has 3 amide bonds. The Hall–Kier alpha value is -1.81. The van der Waals surface area contributed by atoms with Gasteiger partial charge in [0.1, 0.15) is 12.0 Å². The maximum Gasteiger partial charge on any atom is 0.325 e. The van der Waals surface area contributed by atoms with Crippen molar-refractivity contribution in [1.82, 2.24) is 16.0 Å². The highest BCUT2D eigenvalue weighted by Crippen LogP contribution is 2.13. The van der Waals surface area contributed by atoms with Gasteiger partial charge in [-0.2, -0.15) is 0 Å². The third-order valence-corrected chi connectivity index (χ3v) is 3.69. The third-order valence-electron chi connectivity index (χ3n) is 2.67. The second-order valence-electron chi connectivity index (χ2n) is 4.58. The Morgan fingerprint density at radius 2 is 2.18 bits per heavy atom. The van der Waals surface area contributed by atoms with Crippen LogP contribution in [0.25, 0.3) is 0 Å². The zero-order chi connectivity index (χ0) is 16.5. The summed E-state index contributed by atoms with van der Waals surface area (Å²) in [5.41, 5.74) is 4.62. The predicted octanol–water partition coefficient (Wildman–Crippen LogP) is -1.96. The molecule has 1 rings (SSSR count). The minimum Gasteiger partial charge on any atom is -0.465 e. The normalized spacial score (nSPS) is 20.9. The van der Waals surface area contributed by atoms with E-state index in [1.165, 1.54) is 0 Å². The number of nitrogens with one attached hydrogen (secondary N) is 3. The molecule has 0 aromatic carbocycles. The first kappa shape index (κ1) is 18.2. The lowest BCUT2D eigenvalue weighted by molar-refractivity contribution is -0.143. The van der Waals surface area contributed by atoms with E-state index >= 15 is 0 Å². The maximum absolute atomic E-state index is 11.6. The van der Waals surface area contributed by atoms with Gasteiger partial charge in [-0.25, -0.2) is 0 Å². The first-order valence-electron chi connectivity index (χ1n) is 6.78. The molecule has 0 spiro atoms. The van der Waals surface area contributed by atoms with E-state index in [9.17, 15) is 19.2 Å². The molecule has 2 atom stereocenters. The van der Waals surface area contributed by atoms with Crippen molar-refractivity contribution in [3.8, 4) is 0 Å². The van der Waals surface area contributed by atoms with Crippen molar-refractivity contribution in [3.05, 3.63) is 0 Å². The second-order valence-corrected chi connectivity index (χ2v) is 5.67. The SMILES string of the molecule is CCOC(=O)CNC(=O)CSC1NC(=O)CC(CC(N)=O)N1. The Morgan fingerprint density at radius 1 is 1.45 bits per heavy atom. The van der Waals surface area contributed by atoms with Crippen molar-refractivity contribution in [1.29, 1.82) is 0 Å². The Bertz CT molecular complexity index is 443. The topological polar surface area (TPSA) is 140 Å². The molecule has 1 aliphatic rings. The Morgan fingerprint density at radius 3 is 2.82 bits per heavy atom. The summed E-state index contributed by atoms with van der Waals surface area (Å²) < 4.78 is 4.68. The number of carbonyl (C=O) groups is 4. The predicted molar refractivity (Wildman–Crippen MR) is 79.4 cm³/mol. The molecule has 1 fully saturated rings. The van der Waals surface area contributed by atoms with Gasteiger partial charge >= 0.3 is 5.97 Å². The highest BCUT2D eigenvalue weighted by atomic mass is 32.2. The highest BCUT2D eigenvalue weighted by molar-refractivity contribution is 8.00. The standard InChI is InChI=1S/C12H20N4O5S/c1-2-21-11(20)5-14-10(19)6-22-12-15-7(3-8(13)17)4-9(18)16-12/h7,12,15H,2-6H2,1H3,(H2,13,17)(H,14,19)(H,16,18). The van der Waals surface area contributed by atoms with Crippen molar-refractivity contribution in [2.24, 2.45) is 5.73 Å². The Balaban J connectivity index is 2.30. The molecule has 1 aliphatic heterocycles. The number of hydrogen-bond donors (Lipinski definition) is 4. The molecule has 0 bridgehead atoms. The third kappa shape index (κ3) is 7.27. The average molecular weight is 332 g/mol. The fraction of sp³-hybridized carbons (Fsp3) is 0.667. The van der Waals surface area contributed by atoms with E-state index < -0.39 is 17.4 Å². The van der Waals surface area contributed by atoms with Gasteiger partial charge in [0.05, 0.1) is 12.4 Å². The number of rotatable bonds is 8. The number of esters is 1. The number of nitrogens with two attached hydrogens (primary N) is 1. The molecule has 2 unspecified atom stereocenters. The summed E-state index contributed by atoms with van der Waals surface area (Å²) in [4.78, 5) is 45.1. The lowest BCUT2D eigenvalue weighted by Gasteiger charge is -2.30. The minimum atomic E-state index is -0.508. The summed E-state index contributed by atoms with van der Waals surface area (Å²) >= 11 is 1.15. The summed E-state index contributed by atoms with van der Waals surface area (Å²) in [7, 11) is 0. The van der Waals surface area contributed by atoms with Crippen molar-refractivity contribution < 1.29 is 23.9 Å². The molecule has 1 heterocycles. The number of ether oxygens (including phenoxy) is 1. The van der Waals surface area contributed by atoms with E-state index in [-0.39, 0.29) is 49.6 Å². The van der Waals surface area contributed by atoms with Crippen LogP contribution in [-0.2, 0) is 23.9 Å². The largest absolute Gasteiger partial charge is 0.465 e. The van der Waals surface area contributed by atoms with Gasteiger partial charge in [0.25, 0.3) is 0 Å². The van der Waals surface area contributed by atoms with Crippen LogP contribution in [0.5, 0.6) is 0 Å². The van der Waals surface area contributed by atoms with Gasteiger partial charge in [-0.3, -0.25) is 24.5 Å². The van der Waals surface area contributed by atoms with Crippen LogP contribution in [0.4, 0.5) is 0 Å². The molecule has 9 nitrogen and oxygen atoms in total. The molecule has 124 valence electrons. The molecule has 0 saturated carbocycles. The quantitative estimate of drug-likeness (QED) is 0.378. The number of carbonyl (C=O) groups excluding carboxylic acids is 4. The van der Waals surface area contributed by atoms with E-state index in [0.29, 0.717) is 0 Å². The highest BCUT2D eigenvalue weighted by Gasteiger charge is 2.27. The van der Waals surface area contributed by atoms with Gasteiger partial charge in [-0.15, -0.1) is 11.8 Å². The number of hydrogen-bond acceptors (Lipinski definition) is 7. The van der Waals surface area contributed by atoms with Crippen LogP contribution >= 0.6 is 11.8 Å². The van der Waals surface area contributed by atoms with Gasteiger partial charge < -0.3 is 21.1 Å². The lowest BCUT2D eigenvalue weighted by atomic mass is 10.1. The molecule has 10 heteroatoms.